The number of benzene rings is 1. The third kappa shape index (κ3) is 3.59. The minimum absolute atomic E-state index is 0.0275. The lowest BCUT2D eigenvalue weighted by Gasteiger charge is -2.37. The fourth-order valence-electron chi connectivity index (χ4n) is 3.86. The zero-order valence-corrected chi connectivity index (χ0v) is 16.5. The monoisotopic (exact) mass is 397 g/mol. The van der Waals surface area contributed by atoms with Crippen molar-refractivity contribution >= 4 is 17.8 Å². The number of piperidine rings is 1. The second-order valence-corrected chi connectivity index (χ2v) is 7.64. The second kappa shape index (κ2) is 7.31. The Morgan fingerprint density at radius 2 is 2.03 bits per heavy atom. The van der Waals surface area contributed by atoms with Crippen molar-refractivity contribution < 1.29 is 18.9 Å². The first-order valence-corrected chi connectivity index (χ1v) is 9.66. The first-order chi connectivity index (χ1) is 13.9. The predicted octanol–water partition coefficient (Wildman–Crippen LogP) is 1.52. The molecule has 4 rings (SSSR count). The molecule has 3 heterocycles. The Balaban J connectivity index is 1.31. The number of rotatable bonds is 4. The molecule has 2 aliphatic heterocycles. The summed E-state index contributed by atoms with van der Waals surface area (Å²) in [6.07, 6.45) is 1.46. The molecule has 2 aliphatic rings. The minimum atomic E-state index is -0.863. The molecule has 0 radical (unpaired) electrons. The highest BCUT2D eigenvalue weighted by Gasteiger charge is 2.51. The van der Waals surface area contributed by atoms with Crippen LogP contribution in [0, 0.1) is 6.92 Å². The van der Waals surface area contributed by atoms with Gasteiger partial charge in [-0.15, -0.1) is 0 Å². The van der Waals surface area contributed by atoms with Crippen molar-refractivity contribution in [2.24, 2.45) is 0 Å². The summed E-state index contributed by atoms with van der Waals surface area (Å²) < 4.78 is 5.28. The van der Waals surface area contributed by atoms with Crippen molar-refractivity contribution in [3.05, 3.63) is 35.7 Å². The van der Waals surface area contributed by atoms with Crippen LogP contribution in [0.3, 0.4) is 0 Å². The van der Waals surface area contributed by atoms with Crippen LogP contribution in [0.15, 0.2) is 28.8 Å². The lowest BCUT2D eigenvalue weighted by molar-refractivity contribution is -0.138. The molecule has 0 aliphatic carbocycles. The highest BCUT2D eigenvalue weighted by Crippen LogP contribution is 2.29. The summed E-state index contributed by atoms with van der Waals surface area (Å²) in [4.78, 5) is 43.8. The van der Waals surface area contributed by atoms with Gasteiger partial charge in [0.25, 0.3) is 5.91 Å². The first-order valence-electron chi connectivity index (χ1n) is 9.66. The maximum absolute atomic E-state index is 12.6. The molecule has 0 atom stereocenters. The second-order valence-electron chi connectivity index (χ2n) is 7.64. The average molecular weight is 397 g/mol. The van der Waals surface area contributed by atoms with Gasteiger partial charge in [-0.05, 0) is 25.8 Å². The van der Waals surface area contributed by atoms with E-state index < -0.39 is 5.54 Å². The van der Waals surface area contributed by atoms with Gasteiger partial charge in [0.05, 0.1) is 0 Å². The summed E-state index contributed by atoms with van der Waals surface area (Å²) in [6.45, 7) is 2.85. The first kappa shape index (κ1) is 19.1. The normalized spacial score (nSPS) is 18.4. The number of aromatic nitrogens is 2. The van der Waals surface area contributed by atoms with E-state index in [9.17, 15) is 14.4 Å². The van der Waals surface area contributed by atoms with Crippen LogP contribution in [0.1, 0.15) is 30.7 Å². The molecule has 4 amide bonds. The number of hydrogen-bond donors (Lipinski definition) is 1. The highest BCUT2D eigenvalue weighted by atomic mass is 16.5. The Morgan fingerprint density at radius 1 is 1.28 bits per heavy atom. The van der Waals surface area contributed by atoms with Crippen LogP contribution in [0.5, 0.6) is 0 Å². The quantitative estimate of drug-likeness (QED) is 0.784. The fraction of sp³-hybridized carbons (Fsp3) is 0.450. The number of likely N-dealkylation sites (tertiary alicyclic amines) is 1. The van der Waals surface area contributed by atoms with Crippen LogP contribution in [0.4, 0.5) is 4.79 Å². The van der Waals surface area contributed by atoms with E-state index in [4.69, 9.17) is 4.52 Å². The van der Waals surface area contributed by atoms with E-state index in [1.807, 2.05) is 31.2 Å². The zero-order chi connectivity index (χ0) is 20.6. The molecule has 0 saturated carbocycles. The number of carbonyl (C=O) groups is 3. The van der Waals surface area contributed by atoms with Crippen molar-refractivity contribution in [1.29, 1.82) is 0 Å². The van der Waals surface area contributed by atoms with E-state index in [2.05, 4.69) is 15.5 Å². The molecule has 1 spiro atoms. The smallest absolute Gasteiger partial charge is 0.324 e. The van der Waals surface area contributed by atoms with Crippen molar-refractivity contribution in [1.82, 2.24) is 25.3 Å². The molecule has 29 heavy (non-hydrogen) atoms. The molecular formula is C20H23N5O4. The zero-order valence-electron chi connectivity index (χ0n) is 16.5. The van der Waals surface area contributed by atoms with Crippen LogP contribution < -0.4 is 5.32 Å². The molecule has 1 N–H and O–H groups in total. The van der Waals surface area contributed by atoms with Gasteiger partial charge in [0, 0.05) is 38.5 Å². The molecule has 0 unspecified atom stereocenters. The molecule has 9 nitrogen and oxygen atoms in total. The standard InChI is InChI=1S/C20H23N5O4/c1-13-4-3-5-14(12-13)17-21-15(29-23-17)6-7-16(26)25-10-8-20(9-11-25)18(27)24(2)19(28)22-20/h3-5,12H,6-11H2,1-2H3,(H,22,28). The number of likely N-dealkylation sites (N-methyl/N-ethyl adjacent to an activating group) is 1. The van der Waals surface area contributed by atoms with Gasteiger partial charge in [-0.1, -0.05) is 28.9 Å². The summed E-state index contributed by atoms with van der Waals surface area (Å²) in [7, 11) is 1.47. The SMILES string of the molecule is Cc1cccc(-c2noc(CCC(=O)N3CCC4(CC3)NC(=O)N(C)C4=O)n2)c1. The molecule has 152 valence electrons. The summed E-state index contributed by atoms with van der Waals surface area (Å²) >= 11 is 0. The third-order valence-corrected chi connectivity index (χ3v) is 5.63. The van der Waals surface area contributed by atoms with Crippen molar-refractivity contribution in [3.63, 3.8) is 0 Å². The van der Waals surface area contributed by atoms with Crippen molar-refractivity contribution in [2.45, 2.75) is 38.1 Å². The topological polar surface area (TPSA) is 109 Å². The number of amides is 4. The molecule has 9 heteroatoms. The highest BCUT2D eigenvalue weighted by molar-refractivity contribution is 6.06. The van der Waals surface area contributed by atoms with E-state index >= 15 is 0 Å². The fourth-order valence-corrected chi connectivity index (χ4v) is 3.86. The number of nitrogens with one attached hydrogen (secondary N) is 1. The van der Waals surface area contributed by atoms with Gasteiger partial charge < -0.3 is 14.7 Å². The number of urea groups is 1. The molecule has 0 bridgehead atoms. The van der Waals surface area contributed by atoms with Crippen LogP contribution in [-0.4, -0.2) is 63.5 Å². The number of carbonyl (C=O) groups excluding carboxylic acids is 3. The van der Waals surface area contributed by atoms with Crippen molar-refractivity contribution in [3.8, 4) is 11.4 Å². The largest absolute Gasteiger partial charge is 0.342 e. The number of aryl methyl sites for hydroxylation is 2. The number of imide groups is 1. The van der Waals surface area contributed by atoms with E-state index in [0.29, 0.717) is 44.1 Å². The maximum Gasteiger partial charge on any atom is 0.324 e. The average Bonchev–Trinajstić information content (AvgIpc) is 3.27. The van der Waals surface area contributed by atoms with E-state index in [1.165, 1.54) is 7.05 Å². The Kier molecular flexibility index (Phi) is 4.81. The van der Waals surface area contributed by atoms with Crippen LogP contribution in [0.2, 0.25) is 0 Å². The van der Waals surface area contributed by atoms with Crippen molar-refractivity contribution in [2.75, 3.05) is 20.1 Å². The minimum Gasteiger partial charge on any atom is -0.342 e. The van der Waals surface area contributed by atoms with Crippen LogP contribution >= 0.6 is 0 Å². The van der Waals surface area contributed by atoms with Crippen LogP contribution in [0.25, 0.3) is 11.4 Å². The number of nitrogens with zero attached hydrogens (tertiary/aromatic N) is 4. The Labute approximate surface area is 168 Å². The van der Waals surface area contributed by atoms with E-state index in [-0.39, 0.29) is 24.3 Å². The lowest BCUT2D eigenvalue weighted by atomic mass is 9.87. The number of hydrogen-bond acceptors (Lipinski definition) is 6. The van der Waals surface area contributed by atoms with Gasteiger partial charge in [0.15, 0.2) is 0 Å². The molecular weight excluding hydrogens is 374 g/mol. The molecule has 1 aromatic carbocycles. The van der Waals surface area contributed by atoms with Gasteiger partial charge in [-0.2, -0.15) is 4.98 Å². The van der Waals surface area contributed by atoms with E-state index in [0.717, 1.165) is 16.0 Å². The summed E-state index contributed by atoms with van der Waals surface area (Å²) in [5, 5.41) is 6.77. The lowest BCUT2D eigenvalue weighted by Crippen LogP contribution is -2.55. The Hall–Kier alpha value is -3.23. The van der Waals surface area contributed by atoms with E-state index in [1.54, 1.807) is 4.90 Å². The Morgan fingerprint density at radius 3 is 2.69 bits per heavy atom. The molecule has 2 fully saturated rings. The third-order valence-electron chi connectivity index (χ3n) is 5.63. The molecule has 2 saturated heterocycles. The summed E-state index contributed by atoms with van der Waals surface area (Å²) in [5.41, 5.74) is 1.12. The predicted molar refractivity (Wildman–Crippen MR) is 103 cm³/mol. The van der Waals surface area contributed by atoms with Gasteiger partial charge in [-0.3, -0.25) is 14.5 Å². The van der Waals surface area contributed by atoms with Gasteiger partial charge in [0.2, 0.25) is 17.6 Å². The van der Waals surface area contributed by atoms with Gasteiger partial charge in [-0.25, -0.2) is 4.79 Å². The van der Waals surface area contributed by atoms with Crippen LogP contribution in [-0.2, 0) is 16.0 Å². The summed E-state index contributed by atoms with van der Waals surface area (Å²) in [6, 6.07) is 7.44. The summed E-state index contributed by atoms with van der Waals surface area (Å²) in [5.74, 6) is 0.684. The maximum atomic E-state index is 12.6. The molecule has 2 aromatic rings. The Bertz CT molecular complexity index is 961. The van der Waals surface area contributed by atoms with Gasteiger partial charge in [0.1, 0.15) is 5.54 Å². The molecule has 1 aromatic heterocycles. The van der Waals surface area contributed by atoms with Gasteiger partial charge >= 0.3 is 6.03 Å².